The summed E-state index contributed by atoms with van der Waals surface area (Å²) in [4.78, 5) is 0. The van der Waals surface area contributed by atoms with Crippen molar-refractivity contribution in [2.45, 2.75) is 23.6 Å². The van der Waals surface area contributed by atoms with Crippen molar-refractivity contribution in [1.82, 2.24) is 0 Å². The minimum atomic E-state index is -4.17. The third-order valence-corrected chi connectivity index (χ3v) is 13.9. The quantitative estimate of drug-likeness (QED) is 0.616. The van der Waals surface area contributed by atoms with E-state index >= 15 is 0 Å². The molecule has 2 rings (SSSR count). The van der Waals surface area contributed by atoms with Gasteiger partial charge in [0.2, 0.25) is 0 Å². The Bertz CT molecular complexity index is 463. The summed E-state index contributed by atoms with van der Waals surface area (Å²) in [5, 5.41) is 0. The van der Waals surface area contributed by atoms with Crippen LogP contribution in [0.25, 0.3) is 0 Å². The fourth-order valence-electron chi connectivity index (χ4n) is 2.38. The number of allylic oxidation sites excluding steroid dienone is 8. The second kappa shape index (κ2) is 7.19. The molecule has 2 aliphatic carbocycles. The molecular weight excluding hydrogens is 375 g/mol. The van der Waals surface area contributed by atoms with Gasteiger partial charge in [0.25, 0.3) is 0 Å². The zero-order valence-electron chi connectivity index (χ0n) is 10.4. The first kappa shape index (κ1) is 19.1. The van der Waals surface area contributed by atoms with Crippen LogP contribution >= 0.6 is 24.8 Å². The second-order valence-electron chi connectivity index (χ2n) is 4.54. The molecule has 0 aromatic carbocycles. The monoisotopic (exact) mass is 389 g/mol. The van der Waals surface area contributed by atoms with Gasteiger partial charge in [-0.25, -0.2) is 0 Å². The molecule has 0 aromatic heterocycles. The van der Waals surface area contributed by atoms with Gasteiger partial charge in [0.1, 0.15) is 0 Å². The van der Waals surface area contributed by atoms with Gasteiger partial charge in [-0.3, -0.25) is 0 Å². The molecule has 6 heteroatoms. The van der Waals surface area contributed by atoms with Crippen molar-refractivity contribution in [2.24, 2.45) is 0 Å². The van der Waals surface area contributed by atoms with E-state index in [0.717, 1.165) is 10.3 Å². The van der Waals surface area contributed by atoms with Crippen LogP contribution in [-0.2, 0) is 19.8 Å². The first-order chi connectivity index (χ1) is 7.92. The normalized spacial score (nSPS) is 17.5. The Morgan fingerprint density at radius 1 is 1.00 bits per heavy atom. The van der Waals surface area contributed by atoms with E-state index in [-0.39, 0.29) is 24.8 Å². The van der Waals surface area contributed by atoms with Crippen LogP contribution in [0.1, 0.15) is 12.8 Å². The van der Waals surface area contributed by atoms with Gasteiger partial charge in [-0.1, -0.05) is 0 Å². The van der Waals surface area contributed by atoms with E-state index in [0.29, 0.717) is 12.8 Å². The summed E-state index contributed by atoms with van der Waals surface area (Å²) in [6, 6.07) is 0. The molecule has 107 valence electrons. The molecule has 19 heavy (non-hydrogen) atoms. The summed E-state index contributed by atoms with van der Waals surface area (Å²) in [5.74, 6) is 0. The molecule has 0 nitrogen and oxygen atoms in total. The van der Waals surface area contributed by atoms with E-state index in [2.05, 4.69) is 0 Å². The van der Waals surface area contributed by atoms with Crippen molar-refractivity contribution in [3.63, 3.8) is 0 Å². The zero-order valence-corrected chi connectivity index (χ0v) is 14.5. The van der Waals surface area contributed by atoms with E-state index in [1.807, 2.05) is 41.1 Å². The van der Waals surface area contributed by atoms with Crippen LogP contribution in [0.2, 0.25) is 4.63 Å². The Hall–Kier alpha value is 0.0831. The Balaban J connectivity index is 0.00000162. The van der Waals surface area contributed by atoms with Crippen LogP contribution in [0.4, 0.5) is 13.2 Å². The molecule has 0 aliphatic heterocycles. The summed E-state index contributed by atoms with van der Waals surface area (Å²) < 4.78 is 42.9. The van der Waals surface area contributed by atoms with Gasteiger partial charge in [0, 0.05) is 0 Å². The Morgan fingerprint density at radius 2 is 1.42 bits per heavy atom. The molecule has 0 N–H and O–H groups in total. The standard InChI is InChI=1S/2C5H5.C2HF3.CH3.2ClH.Zr/c2*1-2-4-5-3-1;1-2(3,4)5;;;;/h2*1-3H,4H2;1H;1H3;2*1H;. The van der Waals surface area contributed by atoms with Crippen molar-refractivity contribution in [3.8, 4) is 0 Å². The molecule has 0 spiro atoms. The minimum absolute atomic E-state index is 0. The van der Waals surface area contributed by atoms with Gasteiger partial charge in [0.05, 0.1) is 0 Å². The summed E-state index contributed by atoms with van der Waals surface area (Å²) in [7, 11) is 0. The molecule has 2 aliphatic rings. The molecule has 0 heterocycles. The topological polar surface area (TPSA) is 0 Å². The van der Waals surface area contributed by atoms with Crippen LogP contribution in [0.3, 0.4) is 0 Å². The SMILES string of the molecule is Cl.Cl.[CH3][Zr](=[CH]C(F)(F)F)([C]1=CC=CC1)[C]1=CC=CC1. The Morgan fingerprint density at radius 3 is 1.68 bits per heavy atom. The summed E-state index contributed by atoms with van der Waals surface area (Å²) in [5.41, 5.74) is 0. The van der Waals surface area contributed by atoms with Crippen LogP contribution in [0.5, 0.6) is 0 Å². The van der Waals surface area contributed by atoms with Gasteiger partial charge in [-0.05, 0) is 0 Å². The third-order valence-electron chi connectivity index (χ3n) is 3.33. The molecule has 0 amide bonds. The maximum absolute atomic E-state index is 12.8. The van der Waals surface area contributed by atoms with Crippen LogP contribution in [0, 0.1) is 0 Å². The summed E-state index contributed by atoms with van der Waals surface area (Å²) >= 11 is -3.52. The van der Waals surface area contributed by atoms with Crippen LogP contribution in [0.15, 0.2) is 43.0 Å². The maximum atomic E-state index is 12.8. The summed E-state index contributed by atoms with van der Waals surface area (Å²) in [6.45, 7) is 0. The number of hydrogen-bond donors (Lipinski definition) is 0. The Labute approximate surface area is 127 Å². The van der Waals surface area contributed by atoms with Crippen molar-refractivity contribution in [2.75, 3.05) is 0 Å². The van der Waals surface area contributed by atoms with Crippen LogP contribution < -0.4 is 0 Å². The molecule has 0 unspecified atom stereocenters. The number of alkyl halides is 3. The number of halogens is 5. The van der Waals surface area contributed by atoms with E-state index < -0.39 is 26.0 Å². The number of hydrogen-bond acceptors (Lipinski definition) is 0. The van der Waals surface area contributed by atoms with Crippen molar-refractivity contribution in [1.29, 1.82) is 0 Å². The van der Waals surface area contributed by atoms with Crippen molar-refractivity contribution in [3.05, 3.63) is 43.0 Å². The van der Waals surface area contributed by atoms with Gasteiger partial charge in [-0.2, -0.15) is 0 Å². The van der Waals surface area contributed by atoms with Gasteiger partial charge < -0.3 is 0 Å². The molecular formula is C13H16Cl2F3Zr. The fourth-order valence-corrected chi connectivity index (χ4v) is 10.8. The molecule has 0 aromatic rings. The molecule has 0 atom stereocenters. The average molecular weight is 391 g/mol. The van der Waals surface area contributed by atoms with Gasteiger partial charge >= 0.3 is 103 Å². The second-order valence-corrected chi connectivity index (χ2v) is 14.3. The molecule has 0 saturated carbocycles. The van der Waals surface area contributed by atoms with E-state index in [9.17, 15) is 13.2 Å². The molecule has 0 fully saturated rings. The molecule has 0 bridgehead atoms. The molecule has 0 saturated heterocycles. The zero-order chi connectivity index (χ0) is 12.5. The Kier molecular flexibility index (Phi) is 7.23. The predicted molar refractivity (Wildman–Crippen MR) is 76.2 cm³/mol. The van der Waals surface area contributed by atoms with Crippen LogP contribution in [-0.4, -0.2) is 9.89 Å². The number of rotatable bonds is 2. The first-order valence-corrected chi connectivity index (χ1v) is 11.9. The third kappa shape index (κ3) is 4.54. The van der Waals surface area contributed by atoms with E-state index in [4.69, 9.17) is 0 Å². The van der Waals surface area contributed by atoms with E-state index in [1.54, 1.807) is 0 Å². The van der Waals surface area contributed by atoms with Crippen molar-refractivity contribution >= 4 is 28.5 Å². The average Bonchev–Trinajstić information content (AvgIpc) is 2.89. The van der Waals surface area contributed by atoms with Crippen molar-refractivity contribution < 1.29 is 33.0 Å². The predicted octanol–water partition coefficient (Wildman–Crippen LogP) is 5.08. The van der Waals surface area contributed by atoms with E-state index in [1.165, 1.54) is 0 Å². The van der Waals surface area contributed by atoms with Gasteiger partial charge in [-0.15, -0.1) is 24.8 Å². The summed E-state index contributed by atoms with van der Waals surface area (Å²) in [6.07, 6.45) is 8.62. The van der Waals surface area contributed by atoms with Gasteiger partial charge in [0.15, 0.2) is 0 Å². The molecule has 0 radical (unpaired) electrons. The fraction of sp³-hybridized carbons (Fsp3) is 0.308. The first-order valence-electron chi connectivity index (χ1n) is 5.58.